The number of nitrogens with zero attached hydrogens (tertiary/aromatic N) is 4. The standard InChI is InChI=1S/C12H14BrN5O/c13-9-1-2-10(15-7-9)12-16-11(19-17-12)8-18-5-3-14-4-6-18/h1-2,7,14H,3-6,8H2. The van der Waals surface area contributed by atoms with Crippen LogP contribution in [0.3, 0.4) is 0 Å². The third kappa shape index (κ3) is 3.17. The zero-order chi connectivity index (χ0) is 13.1. The minimum atomic E-state index is 0.539. The maximum absolute atomic E-state index is 5.28. The van der Waals surface area contributed by atoms with Crippen molar-refractivity contribution in [2.75, 3.05) is 26.2 Å². The molecule has 100 valence electrons. The lowest BCUT2D eigenvalue weighted by Gasteiger charge is -2.25. The summed E-state index contributed by atoms with van der Waals surface area (Å²) in [4.78, 5) is 10.9. The van der Waals surface area contributed by atoms with Crippen LogP contribution in [0.1, 0.15) is 5.89 Å². The predicted molar refractivity (Wildman–Crippen MR) is 73.4 cm³/mol. The van der Waals surface area contributed by atoms with Gasteiger partial charge in [0.05, 0.1) is 6.54 Å². The molecule has 0 radical (unpaired) electrons. The van der Waals surface area contributed by atoms with Gasteiger partial charge in [0.2, 0.25) is 11.7 Å². The molecule has 1 N–H and O–H groups in total. The van der Waals surface area contributed by atoms with Gasteiger partial charge in [-0.3, -0.25) is 9.88 Å². The molecule has 7 heteroatoms. The van der Waals surface area contributed by atoms with Crippen molar-refractivity contribution >= 4 is 15.9 Å². The molecule has 1 aliphatic rings. The predicted octanol–water partition coefficient (Wildman–Crippen LogP) is 1.30. The Kier molecular flexibility index (Phi) is 3.86. The number of pyridine rings is 1. The molecular formula is C12H14BrN5O. The molecule has 0 saturated carbocycles. The molecule has 0 spiro atoms. The summed E-state index contributed by atoms with van der Waals surface area (Å²) in [5.41, 5.74) is 0.721. The second-order valence-electron chi connectivity index (χ2n) is 4.40. The van der Waals surface area contributed by atoms with Crippen molar-refractivity contribution in [3.05, 3.63) is 28.7 Å². The maximum atomic E-state index is 5.28. The molecule has 6 nitrogen and oxygen atoms in total. The highest BCUT2D eigenvalue weighted by Crippen LogP contribution is 2.16. The second-order valence-corrected chi connectivity index (χ2v) is 5.32. The Morgan fingerprint density at radius 2 is 2.16 bits per heavy atom. The smallest absolute Gasteiger partial charge is 0.241 e. The van der Waals surface area contributed by atoms with E-state index in [1.165, 1.54) is 0 Å². The van der Waals surface area contributed by atoms with Crippen molar-refractivity contribution in [3.8, 4) is 11.5 Å². The van der Waals surface area contributed by atoms with Gasteiger partial charge in [-0.15, -0.1) is 0 Å². The van der Waals surface area contributed by atoms with Crippen molar-refractivity contribution < 1.29 is 4.52 Å². The van der Waals surface area contributed by atoms with E-state index in [0.717, 1.165) is 36.3 Å². The highest BCUT2D eigenvalue weighted by molar-refractivity contribution is 9.10. The van der Waals surface area contributed by atoms with Gasteiger partial charge in [0.15, 0.2) is 0 Å². The molecule has 0 amide bonds. The summed E-state index contributed by atoms with van der Waals surface area (Å²) in [7, 11) is 0. The van der Waals surface area contributed by atoms with Gasteiger partial charge in [-0.1, -0.05) is 5.16 Å². The van der Waals surface area contributed by atoms with Crippen LogP contribution in [-0.2, 0) is 6.54 Å². The number of hydrogen-bond donors (Lipinski definition) is 1. The van der Waals surface area contributed by atoms with Gasteiger partial charge in [-0.25, -0.2) is 0 Å². The molecule has 3 heterocycles. The van der Waals surface area contributed by atoms with Crippen molar-refractivity contribution in [1.82, 2.24) is 25.3 Å². The van der Waals surface area contributed by atoms with Gasteiger partial charge in [-0.05, 0) is 28.1 Å². The van der Waals surface area contributed by atoms with Gasteiger partial charge in [0.25, 0.3) is 0 Å². The average Bonchev–Trinajstić information content (AvgIpc) is 2.89. The Hall–Kier alpha value is -1.31. The van der Waals surface area contributed by atoms with Gasteiger partial charge in [0, 0.05) is 36.8 Å². The number of aromatic nitrogens is 3. The summed E-state index contributed by atoms with van der Waals surface area (Å²) in [6.07, 6.45) is 1.72. The third-order valence-electron chi connectivity index (χ3n) is 2.99. The van der Waals surface area contributed by atoms with Crippen LogP contribution >= 0.6 is 15.9 Å². The number of halogens is 1. The van der Waals surface area contributed by atoms with Gasteiger partial charge in [0.1, 0.15) is 5.69 Å². The number of nitrogens with one attached hydrogen (secondary N) is 1. The Balaban J connectivity index is 1.70. The Bertz CT molecular complexity index is 535. The first-order valence-corrected chi connectivity index (χ1v) is 6.98. The molecule has 0 unspecified atom stereocenters. The summed E-state index contributed by atoms with van der Waals surface area (Å²) in [5, 5.41) is 7.29. The van der Waals surface area contributed by atoms with Crippen LogP contribution in [0, 0.1) is 0 Å². The summed E-state index contributed by atoms with van der Waals surface area (Å²) in [6, 6.07) is 3.78. The van der Waals surface area contributed by atoms with E-state index in [-0.39, 0.29) is 0 Å². The number of piperazine rings is 1. The molecule has 0 bridgehead atoms. The highest BCUT2D eigenvalue weighted by Gasteiger charge is 2.15. The molecule has 19 heavy (non-hydrogen) atoms. The minimum absolute atomic E-state index is 0.539. The van der Waals surface area contributed by atoms with E-state index < -0.39 is 0 Å². The van der Waals surface area contributed by atoms with Crippen LogP contribution in [0.2, 0.25) is 0 Å². The van der Waals surface area contributed by atoms with Crippen LogP contribution in [0.15, 0.2) is 27.3 Å². The van der Waals surface area contributed by atoms with E-state index in [2.05, 4.69) is 41.3 Å². The molecular weight excluding hydrogens is 310 g/mol. The molecule has 0 atom stereocenters. The molecule has 0 aromatic carbocycles. The lowest BCUT2D eigenvalue weighted by Crippen LogP contribution is -2.42. The van der Waals surface area contributed by atoms with E-state index in [4.69, 9.17) is 4.52 Å². The molecule has 1 aliphatic heterocycles. The fourth-order valence-electron chi connectivity index (χ4n) is 1.99. The second kappa shape index (κ2) is 5.77. The molecule has 1 saturated heterocycles. The summed E-state index contributed by atoms with van der Waals surface area (Å²) < 4.78 is 6.21. The van der Waals surface area contributed by atoms with Crippen LogP contribution < -0.4 is 5.32 Å². The lowest BCUT2D eigenvalue weighted by molar-refractivity contribution is 0.203. The fourth-order valence-corrected chi connectivity index (χ4v) is 2.23. The topological polar surface area (TPSA) is 67.1 Å². The summed E-state index contributed by atoms with van der Waals surface area (Å²) in [6.45, 7) is 4.73. The van der Waals surface area contributed by atoms with E-state index in [1.54, 1.807) is 6.20 Å². The molecule has 0 aliphatic carbocycles. The SMILES string of the molecule is Brc1ccc(-c2noc(CN3CCNCC3)n2)nc1. The van der Waals surface area contributed by atoms with E-state index in [1.807, 2.05) is 12.1 Å². The van der Waals surface area contributed by atoms with Crippen molar-refractivity contribution in [2.45, 2.75) is 6.54 Å². The maximum Gasteiger partial charge on any atom is 0.241 e. The first kappa shape index (κ1) is 12.7. The zero-order valence-electron chi connectivity index (χ0n) is 10.3. The fraction of sp³-hybridized carbons (Fsp3) is 0.417. The van der Waals surface area contributed by atoms with Crippen LogP contribution in [0.4, 0.5) is 0 Å². The first-order valence-electron chi connectivity index (χ1n) is 6.19. The van der Waals surface area contributed by atoms with Crippen molar-refractivity contribution in [1.29, 1.82) is 0 Å². The summed E-state index contributed by atoms with van der Waals surface area (Å²) in [5.74, 6) is 1.18. The average molecular weight is 324 g/mol. The molecule has 1 fully saturated rings. The first-order chi connectivity index (χ1) is 9.31. The Morgan fingerprint density at radius 1 is 1.32 bits per heavy atom. The Labute approximate surface area is 119 Å². The zero-order valence-corrected chi connectivity index (χ0v) is 11.9. The van der Waals surface area contributed by atoms with Crippen LogP contribution in [-0.4, -0.2) is 46.2 Å². The van der Waals surface area contributed by atoms with Crippen LogP contribution in [0.25, 0.3) is 11.5 Å². The lowest BCUT2D eigenvalue weighted by atomic mass is 10.3. The monoisotopic (exact) mass is 323 g/mol. The molecule has 2 aromatic heterocycles. The number of hydrogen-bond acceptors (Lipinski definition) is 6. The van der Waals surface area contributed by atoms with E-state index in [9.17, 15) is 0 Å². The van der Waals surface area contributed by atoms with E-state index in [0.29, 0.717) is 18.3 Å². The van der Waals surface area contributed by atoms with Gasteiger partial charge >= 0.3 is 0 Å². The largest absolute Gasteiger partial charge is 0.337 e. The third-order valence-corrected chi connectivity index (χ3v) is 3.46. The quantitative estimate of drug-likeness (QED) is 0.918. The number of rotatable bonds is 3. The summed E-state index contributed by atoms with van der Waals surface area (Å²) >= 11 is 3.35. The normalized spacial score (nSPS) is 16.7. The Morgan fingerprint density at radius 3 is 2.89 bits per heavy atom. The minimum Gasteiger partial charge on any atom is -0.337 e. The van der Waals surface area contributed by atoms with Crippen molar-refractivity contribution in [3.63, 3.8) is 0 Å². The molecule has 3 rings (SSSR count). The molecule has 2 aromatic rings. The van der Waals surface area contributed by atoms with Crippen molar-refractivity contribution in [2.24, 2.45) is 0 Å². The van der Waals surface area contributed by atoms with Gasteiger partial charge in [-0.2, -0.15) is 4.98 Å². The highest BCUT2D eigenvalue weighted by atomic mass is 79.9. The van der Waals surface area contributed by atoms with Crippen LogP contribution in [0.5, 0.6) is 0 Å². The van der Waals surface area contributed by atoms with Gasteiger partial charge < -0.3 is 9.84 Å². The van der Waals surface area contributed by atoms with E-state index >= 15 is 0 Å².